The van der Waals surface area contributed by atoms with Gasteiger partial charge in [-0.3, -0.25) is 9.20 Å². The number of allylic oxidation sites excluding steroid dienone is 4. The van der Waals surface area contributed by atoms with E-state index in [1.165, 1.54) is 41.0 Å². The number of carbonyl (C=O) groups excluding carboxylic acids is 1. The summed E-state index contributed by atoms with van der Waals surface area (Å²) < 4.78 is 15.7. The summed E-state index contributed by atoms with van der Waals surface area (Å²) >= 11 is 0. The van der Waals surface area contributed by atoms with Crippen LogP contribution >= 0.6 is 0 Å². The van der Waals surface area contributed by atoms with Crippen LogP contribution in [0.3, 0.4) is 0 Å². The first kappa shape index (κ1) is 24.7. The standard InChI is InChI=1S/C29H35FN4O/c1-4-6-8-21(3)19-22-14-17-33(18-15-22)24-12-10-23(11-13-24)20-31-29(35)27-26(5-2)32-28-25(30)9-7-16-34(27)28/h4,6-13,16,22H,5,14-15,17-20H2,1-3H3,(H,31,35)/b6-4-,21-8+. The van der Waals surface area contributed by atoms with Crippen molar-refractivity contribution >= 4 is 17.2 Å². The lowest BCUT2D eigenvalue weighted by atomic mass is 9.90. The van der Waals surface area contributed by atoms with Crippen LogP contribution < -0.4 is 10.2 Å². The molecule has 0 aliphatic carbocycles. The molecule has 0 atom stereocenters. The topological polar surface area (TPSA) is 49.6 Å². The fraction of sp³-hybridized carbons (Fsp3) is 0.379. The second kappa shape index (κ2) is 11.3. The number of benzene rings is 1. The lowest BCUT2D eigenvalue weighted by Crippen LogP contribution is -2.33. The summed E-state index contributed by atoms with van der Waals surface area (Å²) in [6.45, 7) is 8.74. The number of fused-ring (bicyclic) bond motifs is 1. The average Bonchev–Trinajstić information content (AvgIpc) is 3.27. The Kier molecular flexibility index (Phi) is 8.01. The van der Waals surface area contributed by atoms with Gasteiger partial charge in [0.05, 0.1) is 5.69 Å². The molecule has 1 aliphatic rings. The third-order valence-corrected chi connectivity index (χ3v) is 6.78. The van der Waals surface area contributed by atoms with E-state index >= 15 is 0 Å². The molecule has 1 amide bonds. The fourth-order valence-corrected chi connectivity index (χ4v) is 4.84. The highest BCUT2D eigenvalue weighted by Crippen LogP contribution is 2.27. The number of nitrogens with one attached hydrogen (secondary N) is 1. The lowest BCUT2D eigenvalue weighted by Gasteiger charge is -2.34. The first-order chi connectivity index (χ1) is 17.0. The van der Waals surface area contributed by atoms with Crippen LogP contribution in [-0.4, -0.2) is 28.4 Å². The van der Waals surface area contributed by atoms with Gasteiger partial charge >= 0.3 is 0 Å². The van der Waals surface area contributed by atoms with Gasteiger partial charge in [-0.2, -0.15) is 0 Å². The molecular weight excluding hydrogens is 439 g/mol. The van der Waals surface area contributed by atoms with Gasteiger partial charge in [0, 0.05) is 31.5 Å². The van der Waals surface area contributed by atoms with Crippen molar-refractivity contribution in [1.29, 1.82) is 0 Å². The minimum absolute atomic E-state index is 0.187. The van der Waals surface area contributed by atoms with E-state index in [-0.39, 0.29) is 11.6 Å². The number of nitrogens with zero attached hydrogens (tertiary/aromatic N) is 3. The Hall–Kier alpha value is -3.41. The van der Waals surface area contributed by atoms with Crippen molar-refractivity contribution in [2.75, 3.05) is 18.0 Å². The molecule has 3 heterocycles. The minimum atomic E-state index is -0.430. The van der Waals surface area contributed by atoms with Gasteiger partial charge < -0.3 is 10.2 Å². The molecule has 35 heavy (non-hydrogen) atoms. The second-order valence-electron chi connectivity index (χ2n) is 9.33. The zero-order valence-corrected chi connectivity index (χ0v) is 20.9. The number of rotatable bonds is 8. The summed E-state index contributed by atoms with van der Waals surface area (Å²) in [4.78, 5) is 19.7. The molecule has 1 fully saturated rings. The lowest BCUT2D eigenvalue weighted by molar-refractivity contribution is 0.0944. The molecule has 2 aromatic heterocycles. The molecule has 1 aromatic carbocycles. The molecule has 0 spiro atoms. The normalized spacial score (nSPS) is 15.3. The van der Waals surface area contributed by atoms with Gasteiger partial charge in [0.25, 0.3) is 5.91 Å². The van der Waals surface area contributed by atoms with Crippen LogP contribution in [0, 0.1) is 11.7 Å². The number of hydrogen-bond donors (Lipinski definition) is 1. The number of hydrogen-bond acceptors (Lipinski definition) is 3. The Labute approximate surface area is 207 Å². The Morgan fingerprint density at radius 1 is 1.20 bits per heavy atom. The zero-order valence-electron chi connectivity index (χ0n) is 20.9. The number of carbonyl (C=O) groups is 1. The van der Waals surface area contributed by atoms with Gasteiger partial charge in [0.2, 0.25) is 0 Å². The summed E-state index contributed by atoms with van der Waals surface area (Å²) in [7, 11) is 0. The molecule has 1 saturated heterocycles. The maximum absolute atomic E-state index is 14.1. The molecule has 0 saturated carbocycles. The van der Waals surface area contributed by atoms with Crippen LogP contribution in [0.25, 0.3) is 5.65 Å². The van der Waals surface area contributed by atoms with Gasteiger partial charge in [-0.25, -0.2) is 9.37 Å². The van der Waals surface area contributed by atoms with Crippen molar-refractivity contribution in [3.05, 3.63) is 89.2 Å². The molecule has 0 radical (unpaired) electrons. The number of amides is 1. The SMILES string of the molecule is C/C=C\C=C(/C)CC1CCN(c2ccc(CNC(=O)c3c(CC)nc4c(F)cccn34)cc2)CC1. The third-order valence-electron chi connectivity index (χ3n) is 6.78. The second-order valence-corrected chi connectivity index (χ2v) is 9.33. The molecule has 3 aromatic rings. The van der Waals surface area contributed by atoms with Crippen molar-refractivity contribution < 1.29 is 9.18 Å². The van der Waals surface area contributed by atoms with Gasteiger partial charge in [0.15, 0.2) is 11.5 Å². The maximum atomic E-state index is 14.1. The molecule has 5 nitrogen and oxygen atoms in total. The molecule has 1 aliphatic heterocycles. The van der Waals surface area contributed by atoms with Crippen LogP contribution in [0.4, 0.5) is 10.1 Å². The highest BCUT2D eigenvalue weighted by atomic mass is 19.1. The number of pyridine rings is 1. The van der Waals surface area contributed by atoms with E-state index in [2.05, 4.69) is 64.6 Å². The Bertz CT molecular complexity index is 1220. The van der Waals surface area contributed by atoms with Gasteiger partial charge in [0.1, 0.15) is 5.69 Å². The average molecular weight is 475 g/mol. The van der Waals surface area contributed by atoms with E-state index in [9.17, 15) is 9.18 Å². The van der Waals surface area contributed by atoms with Gasteiger partial charge in [-0.1, -0.05) is 42.9 Å². The van der Waals surface area contributed by atoms with E-state index in [1.54, 1.807) is 12.3 Å². The summed E-state index contributed by atoms with van der Waals surface area (Å²) in [6.07, 6.45) is 12.2. The highest BCUT2D eigenvalue weighted by Gasteiger charge is 2.21. The Morgan fingerprint density at radius 3 is 2.63 bits per heavy atom. The van der Waals surface area contributed by atoms with Crippen LogP contribution in [0.2, 0.25) is 0 Å². The van der Waals surface area contributed by atoms with Crippen molar-refractivity contribution in [2.45, 2.75) is 53.0 Å². The first-order valence-electron chi connectivity index (χ1n) is 12.6. The fourth-order valence-electron chi connectivity index (χ4n) is 4.84. The molecule has 0 unspecified atom stereocenters. The molecule has 1 N–H and O–H groups in total. The zero-order chi connectivity index (χ0) is 24.8. The Balaban J connectivity index is 1.33. The summed E-state index contributed by atoms with van der Waals surface area (Å²) in [5.41, 5.74) is 4.89. The largest absolute Gasteiger partial charge is 0.372 e. The third kappa shape index (κ3) is 5.81. The van der Waals surface area contributed by atoms with Crippen molar-refractivity contribution in [2.24, 2.45) is 5.92 Å². The smallest absolute Gasteiger partial charge is 0.270 e. The summed E-state index contributed by atoms with van der Waals surface area (Å²) in [6, 6.07) is 11.4. The molecule has 4 rings (SSSR count). The molecular formula is C29H35FN4O. The number of aromatic nitrogens is 2. The minimum Gasteiger partial charge on any atom is -0.372 e. The van der Waals surface area contributed by atoms with Crippen molar-refractivity contribution in [3.63, 3.8) is 0 Å². The van der Waals surface area contributed by atoms with Crippen LogP contribution in [-0.2, 0) is 13.0 Å². The van der Waals surface area contributed by atoms with E-state index in [4.69, 9.17) is 0 Å². The van der Waals surface area contributed by atoms with Gasteiger partial charge in [-0.15, -0.1) is 0 Å². The summed E-state index contributed by atoms with van der Waals surface area (Å²) in [5.74, 6) is 0.0781. The van der Waals surface area contributed by atoms with Crippen LogP contribution in [0.15, 0.2) is 66.4 Å². The number of aryl methyl sites for hydroxylation is 1. The van der Waals surface area contributed by atoms with E-state index in [1.807, 2.05) is 13.8 Å². The molecule has 184 valence electrons. The van der Waals surface area contributed by atoms with E-state index in [0.717, 1.165) is 24.6 Å². The highest BCUT2D eigenvalue weighted by molar-refractivity contribution is 5.94. The number of piperidine rings is 1. The predicted molar refractivity (Wildman–Crippen MR) is 140 cm³/mol. The van der Waals surface area contributed by atoms with Crippen LogP contribution in [0.5, 0.6) is 0 Å². The van der Waals surface area contributed by atoms with E-state index in [0.29, 0.717) is 24.4 Å². The van der Waals surface area contributed by atoms with Crippen molar-refractivity contribution in [1.82, 2.24) is 14.7 Å². The Morgan fingerprint density at radius 2 is 1.94 bits per heavy atom. The molecule has 6 heteroatoms. The first-order valence-corrected chi connectivity index (χ1v) is 12.6. The van der Waals surface area contributed by atoms with E-state index < -0.39 is 5.82 Å². The number of imidazole rings is 1. The van der Waals surface area contributed by atoms with Gasteiger partial charge in [-0.05, 0) is 75.3 Å². The number of halogens is 1. The monoisotopic (exact) mass is 474 g/mol. The quantitative estimate of drug-likeness (QED) is 0.402. The predicted octanol–water partition coefficient (Wildman–Crippen LogP) is 6.09. The summed E-state index contributed by atoms with van der Waals surface area (Å²) in [5, 5.41) is 2.98. The maximum Gasteiger partial charge on any atom is 0.270 e. The number of anilines is 1. The van der Waals surface area contributed by atoms with Crippen LogP contribution in [0.1, 0.15) is 61.8 Å². The van der Waals surface area contributed by atoms with Crippen molar-refractivity contribution in [3.8, 4) is 0 Å². The molecule has 0 bridgehead atoms.